The first-order valence-electron chi connectivity index (χ1n) is 6.45. The van der Waals surface area contributed by atoms with Crippen LogP contribution in [-0.2, 0) is 0 Å². The van der Waals surface area contributed by atoms with Gasteiger partial charge in [-0.2, -0.15) is 0 Å². The fraction of sp³-hybridized carbons (Fsp3) is 0.250. The lowest BCUT2D eigenvalue weighted by molar-refractivity contribution is 0.0640. The topological polar surface area (TPSA) is 29.5 Å². The second kappa shape index (κ2) is 5.08. The van der Waals surface area contributed by atoms with Gasteiger partial charge in [0.1, 0.15) is 17.7 Å². The summed E-state index contributed by atoms with van der Waals surface area (Å²) in [5.74, 6) is 0.193. The van der Waals surface area contributed by atoms with Gasteiger partial charge in [-0.25, -0.2) is 4.39 Å². The van der Waals surface area contributed by atoms with Gasteiger partial charge in [-0.1, -0.05) is 29.3 Å². The van der Waals surface area contributed by atoms with Crippen molar-refractivity contribution in [2.45, 2.75) is 25.6 Å². The predicted molar refractivity (Wildman–Crippen MR) is 75.5 cm³/mol. The number of aryl methyl sites for hydroxylation is 1. The van der Waals surface area contributed by atoms with Crippen molar-refractivity contribution in [3.8, 4) is 5.75 Å². The molecule has 3 rings (SSSR count). The van der Waals surface area contributed by atoms with Crippen molar-refractivity contribution in [3.63, 3.8) is 0 Å². The number of hydrogen-bond donors (Lipinski definition) is 1. The molecule has 2 nitrogen and oxygen atoms in total. The molecule has 0 fully saturated rings. The monoisotopic (exact) mass is 292 g/mol. The Morgan fingerprint density at radius 1 is 1.20 bits per heavy atom. The highest BCUT2D eigenvalue weighted by molar-refractivity contribution is 6.30. The number of rotatable bonds is 1. The summed E-state index contributed by atoms with van der Waals surface area (Å²) in [5.41, 5.74) is 2.23. The van der Waals surface area contributed by atoms with E-state index < -0.39 is 18.0 Å². The summed E-state index contributed by atoms with van der Waals surface area (Å²) >= 11 is 5.75. The third-order valence-corrected chi connectivity index (χ3v) is 3.78. The summed E-state index contributed by atoms with van der Waals surface area (Å²) in [5, 5.41) is 10.6. The van der Waals surface area contributed by atoms with Crippen LogP contribution < -0.4 is 4.74 Å². The molecule has 0 bridgehead atoms. The zero-order valence-corrected chi connectivity index (χ0v) is 11.7. The predicted octanol–water partition coefficient (Wildman–Crippen LogP) is 4.34. The third-order valence-electron chi connectivity index (χ3n) is 3.54. The number of halogens is 2. The van der Waals surface area contributed by atoms with E-state index in [0.717, 1.165) is 11.1 Å². The van der Waals surface area contributed by atoms with Crippen LogP contribution >= 0.6 is 11.6 Å². The zero-order chi connectivity index (χ0) is 14.3. The molecule has 1 heterocycles. The normalized spacial score (nSPS) is 21.2. The lowest BCUT2D eigenvalue weighted by Gasteiger charge is -2.30. The Morgan fingerprint density at radius 3 is 2.75 bits per heavy atom. The molecule has 2 aromatic rings. The van der Waals surface area contributed by atoms with Gasteiger partial charge in [0, 0.05) is 22.6 Å². The van der Waals surface area contributed by atoms with Crippen molar-refractivity contribution in [3.05, 3.63) is 63.9 Å². The highest BCUT2D eigenvalue weighted by Gasteiger charge is 2.29. The molecule has 0 aliphatic carbocycles. The molecule has 1 N–H and O–H groups in total. The van der Waals surface area contributed by atoms with Crippen LogP contribution in [0.5, 0.6) is 5.75 Å². The van der Waals surface area contributed by atoms with E-state index in [4.69, 9.17) is 16.3 Å². The van der Waals surface area contributed by atoms with Crippen molar-refractivity contribution in [1.29, 1.82) is 0 Å². The molecule has 20 heavy (non-hydrogen) atoms. The van der Waals surface area contributed by atoms with Crippen LogP contribution in [0.4, 0.5) is 4.39 Å². The molecule has 0 amide bonds. The maximum absolute atomic E-state index is 14.0. The Kier molecular flexibility index (Phi) is 3.40. The van der Waals surface area contributed by atoms with E-state index in [1.54, 1.807) is 12.1 Å². The summed E-state index contributed by atoms with van der Waals surface area (Å²) in [4.78, 5) is 0. The standard InChI is InChI=1S/C16H14ClFO2/c1-9-2-5-15-12(6-9)14(19)8-16(20-15)11-4-3-10(17)7-13(11)18/h2-7,14,16,19H,8H2,1H3/t14-,16?/m0/s1. The lowest BCUT2D eigenvalue weighted by atomic mass is 9.94. The second-order valence-corrected chi connectivity index (χ2v) is 5.50. The van der Waals surface area contributed by atoms with Gasteiger partial charge in [0.25, 0.3) is 0 Å². The van der Waals surface area contributed by atoms with Crippen LogP contribution in [0.1, 0.15) is 35.3 Å². The molecule has 2 aromatic carbocycles. The zero-order valence-electron chi connectivity index (χ0n) is 10.9. The molecule has 0 radical (unpaired) electrons. The maximum atomic E-state index is 14.0. The lowest BCUT2D eigenvalue weighted by Crippen LogP contribution is -2.20. The molecule has 1 aliphatic rings. The van der Waals surface area contributed by atoms with Gasteiger partial charge >= 0.3 is 0 Å². The quantitative estimate of drug-likeness (QED) is 0.847. The van der Waals surface area contributed by atoms with Crippen molar-refractivity contribution in [2.75, 3.05) is 0 Å². The number of ether oxygens (including phenoxy) is 1. The first kappa shape index (κ1) is 13.4. The van der Waals surface area contributed by atoms with Crippen molar-refractivity contribution in [1.82, 2.24) is 0 Å². The van der Waals surface area contributed by atoms with E-state index in [2.05, 4.69) is 0 Å². The number of aliphatic hydroxyl groups excluding tert-OH is 1. The van der Waals surface area contributed by atoms with E-state index in [-0.39, 0.29) is 0 Å². The fourth-order valence-electron chi connectivity index (χ4n) is 2.52. The first-order valence-corrected chi connectivity index (χ1v) is 6.82. The van der Waals surface area contributed by atoms with Gasteiger partial charge in [-0.05, 0) is 31.2 Å². The van der Waals surface area contributed by atoms with Crippen LogP contribution in [0.15, 0.2) is 36.4 Å². The summed E-state index contributed by atoms with van der Waals surface area (Å²) in [6, 6.07) is 10.1. The summed E-state index contributed by atoms with van der Waals surface area (Å²) < 4.78 is 19.8. The Labute approximate surface area is 121 Å². The van der Waals surface area contributed by atoms with Gasteiger partial charge in [0.2, 0.25) is 0 Å². The highest BCUT2D eigenvalue weighted by atomic mass is 35.5. The minimum Gasteiger partial charge on any atom is -0.485 e. The van der Waals surface area contributed by atoms with Gasteiger partial charge in [0.15, 0.2) is 0 Å². The van der Waals surface area contributed by atoms with Crippen molar-refractivity contribution < 1.29 is 14.2 Å². The summed E-state index contributed by atoms with van der Waals surface area (Å²) in [7, 11) is 0. The van der Waals surface area contributed by atoms with E-state index in [9.17, 15) is 9.50 Å². The molecule has 0 aromatic heterocycles. The van der Waals surface area contributed by atoms with Crippen molar-refractivity contribution in [2.24, 2.45) is 0 Å². The SMILES string of the molecule is Cc1ccc2c(c1)[C@@H](O)CC(c1ccc(Cl)cc1F)O2. The molecule has 0 saturated heterocycles. The maximum Gasteiger partial charge on any atom is 0.131 e. The average Bonchev–Trinajstić information content (AvgIpc) is 2.39. The number of fused-ring (bicyclic) bond motifs is 1. The van der Waals surface area contributed by atoms with Crippen LogP contribution in [0.25, 0.3) is 0 Å². The van der Waals surface area contributed by atoms with E-state index in [1.807, 2.05) is 25.1 Å². The molecule has 104 valence electrons. The fourth-order valence-corrected chi connectivity index (χ4v) is 2.68. The molecular formula is C16H14ClFO2. The highest BCUT2D eigenvalue weighted by Crippen LogP contribution is 2.41. The van der Waals surface area contributed by atoms with Gasteiger partial charge < -0.3 is 9.84 Å². The first-order chi connectivity index (χ1) is 9.54. The summed E-state index contributed by atoms with van der Waals surface area (Å²) in [6.45, 7) is 1.96. The van der Waals surface area contributed by atoms with Crippen LogP contribution in [0.2, 0.25) is 5.02 Å². The van der Waals surface area contributed by atoms with Gasteiger partial charge in [0.05, 0.1) is 6.10 Å². The molecule has 0 saturated carbocycles. The van der Waals surface area contributed by atoms with Gasteiger partial charge in [-0.3, -0.25) is 0 Å². The van der Waals surface area contributed by atoms with Crippen LogP contribution in [0, 0.1) is 12.7 Å². The smallest absolute Gasteiger partial charge is 0.131 e. The molecule has 1 aliphatic heterocycles. The molecule has 1 unspecified atom stereocenters. The number of benzene rings is 2. The largest absolute Gasteiger partial charge is 0.485 e. The Balaban J connectivity index is 1.97. The molecule has 4 heteroatoms. The van der Waals surface area contributed by atoms with E-state index >= 15 is 0 Å². The van der Waals surface area contributed by atoms with Crippen LogP contribution in [-0.4, -0.2) is 5.11 Å². The second-order valence-electron chi connectivity index (χ2n) is 5.07. The Hall–Kier alpha value is -1.58. The minimum absolute atomic E-state index is 0.328. The van der Waals surface area contributed by atoms with Gasteiger partial charge in [-0.15, -0.1) is 0 Å². The third kappa shape index (κ3) is 2.39. The molecular weight excluding hydrogens is 279 g/mol. The number of hydrogen-bond acceptors (Lipinski definition) is 2. The number of aliphatic hydroxyl groups is 1. The Bertz CT molecular complexity index is 657. The minimum atomic E-state index is -0.654. The summed E-state index contributed by atoms with van der Waals surface area (Å²) in [6.07, 6.45) is -0.828. The average molecular weight is 293 g/mol. The van der Waals surface area contributed by atoms with Crippen LogP contribution in [0.3, 0.4) is 0 Å². The Morgan fingerprint density at radius 2 is 2.00 bits per heavy atom. The van der Waals surface area contributed by atoms with E-state index in [0.29, 0.717) is 22.8 Å². The van der Waals surface area contributed by atoms with E-state index in [1.165, 1.54) is 6.07 Å². The molecule has 2 atom stereocenters. The molecule has 0 spiro atoms. The van der Waals surface area contributed by atoms with Crippen molar-refractivity contribution >= 4 is 11.6 Å².